The summed E-state index contributed by atoms with van der Waals surface area (Å²) in [6.45, 7) is 2.52. The van der Waals surface area contributed by atoms with Crippen LogP contribution >= 0.6 is 39.3 Å². The second kappa shape index (κ2) is 9.22. The number of benzene rings is 2. The van der Waals surface area contributed by atoms with E-state index in [0.29, 0.717) is 39.8 Å². The highest BCUT2D eigenvalue weighted by atomic mass is 79.9. The fourth-order valence-corrected chi connectivity index (χ4v) is 4.15. The first kappa shape index (κ1) is 21.0. The third kappa shape index (κ3) is 4.66. The molecule has 0 aliphatic rings. The lowest BCUT2D eigenvalue weighted by atomic mass is 10.1. The highest BCUT2D eigenvalue weighted by Crippen LogP contribution is 2.26. The predicted molar refractivity (Wildman–Crippen MR) is 117 cm³/mol. The number of fused-ring (bicyclic) bond motifs is 1. The van der Waals surface area contributed by atoms with Crippen LogP contribution < -0.4 is 5.56 Å². The molecule has 0 unspecified atom stereocenters. The molecule has 0 saturated carbocycles. The average molecular weight is 482 g/mol. The number of aromatic nitrogens is 2. The van der Waals surface area contributed by atoms with Gasteiger partial charge in [0, 0.05) is 22.2 Å². The van der Waals surface area contributed by atoms with E-state index in [9.17, 15) is 9.59 Å². The summed E-state index contributed by atoms with van der Waals surface area (Å²) >= 11 is 10.7. The molecule has 0 aliphatic heterocycles. The molecule has 1 aromatic heterocycles. The molecule has 1 heterocycles. The quantitative estimate of drug-likeness (QED) is 0.275. The molecule has 1 atom stereocenters. The van der Waals surface area contributed by atoms with Crippen molar-refractivity contribution in [3.05, 3.63) is 67.9 Å². The summed E-state index contributed by atoms with van der Waals surface area (Å²) in [4.78, 5) is 30.3. The maximum Gasteiger partial charge on any atom is 0.262 e. The Bertz CT molecular complexity index is 1070. The second-order valence-corrected chi connectivity index (χ2v) is 8.80. The molecule has 146 valence electrons. The number of thioether (sulfide) groups is 1. The SMILES string of the molecule is COCCn1c(S[C@H](C)C(=O)c2ccc(Br)cc2)nc2cc(Cl)ccc2c1=O. The third-order valence-corrected chi connectivity index (χ3v) is 6.04. The van der Waals surface area contributed by atoms with E-state index in [2.05, 4.69) is 20.9 Å². The molecule has 0 aliphatic carbocycles. The average Bonchev–Trinajstić information content (AvgIpc) is 2.67. The highest BCUT2D eigenvalue weighted by Gasteiger charge is 2.20. The van der Waals surface area contributed by atoms with Crippen LogP contribution in [0.5, 0.6) is 0 Å². The first-order valence-electron chi connectivity index (χ1n) is 8.56. The van der Waals surface area contributed by atoms with Crippen LogP contribution in [0.25, 0.3) is 10.9 Å². The Balaban J connectivity index is 1.98. The maximum absolute atomic E-state index is 12.9. The fourth-order valence-electron chi connectivity index (χ4n) is 2.70. The molecule has 2 aromatic carbocycles. The van der Waals surface area contributed by atoms with E-state index in [1.165, 1.54) is 11.8 Å². The Labute approximate surface area is 180 Å². The minimum absolute atomic E-state index is 0.0313. The summed E-state index contributed by atoms with van der Waals surface area (Å²) < 4.78 is 7.59. The molecule has 3 aromatic rings. The molecule has 0 saturated heterocycles. The number of carbonyl (C=O) groups excluding carboxylic acids is 1. The lowest BCUT2D eigenvalue weighted by molar-refractivity contribution is 0.0994. The van der Waals surface area contributed by atoms with Crippen molar-refractivity contribution in [2.75, 3.05) is 13.7 Å². The van der Waals surface area contributed by atoms with Crippen LogP contribution in [0.2, 0.25) is 5.02 Å². The zero-order chi connectivity index (χ0) is 20.3. The van der Waals surface area contributed by atoms with Gasteiger partial charge in [-0.2, -0.15) is 0 Å². The number of ketones is 1. The van der Waals surface area contributed by atoms with Gasteiger partial charge in [0.1, 0.15) is 0 Å². The van der Waals surface area contributed by atoms with Crippen molar-refractivity contribution in [3.63, 3.8) is 0 Å². The van der Waals surface area contributed by atoms with Crippen LogP contribution in [0, 0.1) is 0 Å². The molecule has 0 amide bonds. The first-order valence-corrected chi connectivity index (χ1v) is 10.6. The molecular formula is C20H18BrClN2O3S. The van der Waals surface area contributed by atoms with Crippen molar-refractivity contribution >= 4 is 56.0 Å². The van der Waals surface area contributed by atoms with E-state index in [-0.39, 0.29) is 11.3 Å². The van der Waals surface area contributed by atoms with Crippen LogP contribution in [0.4, 0.5) is 0 Å². The Hall–Kier alpha value is -1.67. The number of hydrogen-bond donors (Lipinski definition) is 0. The largest absolute Gasteiger partial charge is 0.383 e. The molecule has 0 N–H and O–H groups in total. The van der Waals surface area contributed by atoms with Crippen molar-refractivity contribution in [1.29, 1.82) is 0 Å². The number of nitrogens with zero attached hydrogens (tertiary/aromatic N) is 2. The van der Waals surface area contributed by atoms with E-state index in [0.717, 1.165) is 4.47 Å². The van der Waals surface area contributed by atoms with Crippen molar-refractivity contribution < 1.29 is 9.53 Å². The number of ether oxygens (including phenoxy) is 1. The van der Waals surface area contributed by atoms with Crippen LogP contribution in [0.15, 0.2) is 56.9 Å². The van der Waals surface area contributed by atoms with Crippen LogP contribution in [0.1, 0.15) is 17.3 Å². The number of hydrogen-bond acceptors (Lipinski definition) is 5. The Morgan fingerprint density at radius 2 is 2.00 bits per heavy atom. The normalized spacial score (nSPS) is 12.3. The minimum atomic E-state index is -0.418. The standard InChI is InChI=1S/C20H18BrClN2O3S/c1-12(18(25)13-3-5-14(21)6-4-13)28-20-23-17-11-15(22)7-8-16(17)19(26)24(20)9-10-27-2/h3-8,11-12H,9-10H2,1-2H3/t12-/m1/s1. The number of halogens is 2. The van der Waals surface area contributed by atoms with Crippen molar-refractivity contribution in [3.8, 4) is 0 Å². The molecule has 0 radical (unpaired) electrons. The van der Waals surface area contributed by atoms with Gasteiger partial charge < -0.3 is 4.74 Å². The Kier molecular flexibility index (Phi) is 6.93. The summed E-state index contributed by atoms with van der Waals surface area (Å²) in [6, 6.07) is 12.2. The van der Waals surface area contributed by atoms with Crippen molar-refractivity contribution in [2.24, 2.45) is 0 Å². The van der Waals surface area contributed by atoms with Crippen molar-refractivity contribution in [2.45, 2.75) is 23.9 Å². The number of methoxy groups -OCH3 is 1. The van der Waals surface area contributed by atoms with Gasteiger partial charge >= 0.3 is 0 Å². The van der Waals surface area contributed by atoms with E-state index >= 15 is 0 Å². The first-order chi connectivity index (χ1) is 13.4. The Morgan fingerprint density at radius 3 is 2.68 bits per heavy atom. The van der Waals surface area contributed by atoms with Crippen molar-refractivity contribution in [1.82, 2.24) is 9.55 Å². The molecule has 28 heavy (non-hydrogen) atoms. The molecule has 3 rings (SSSR count). The van der Waals surface area contributed by atoms with Gasteiger partial charge in [-0.1, -0.05) is 51.4 Å². The summed E-state index contributed by atoms with van der Waals surface area (Å²) in [7, 11) is 1.58. The topological polar surface area (TPSA) is 61.2 Å². The summed E-state index contributed by atoms with van der Waals surface area (Å²) in [5, 5.41) is 1.04. The smallest absolute Gasteiger partial charge is 0.262 e. The van der Waals surface area contributed by atoms with E-state index in [1.54, 1.807) is 42.0 Å². The lowest BCUT2D eigenvalue weighted by Crippen LogP contribution is -2.26. The molecule has 0 fully saturated rings. The summed E-state index contributed by atoms with van der Waals surface area (Å²) in [5.41, 5.74) is 0.944. The van der Waals surface area contributed by atoms with Gasteiger partial charge in [-0.25, -0.2) is 4.98 Å². The monoisotopic (exact) mass is 480 g/mol. The van der Waals surface area contributed by atoms with Crippen LogP contribution in [-0.4, -0.2) is 34.3 Å². The fraction of sp³-hybridized carbons (Fsp3) is 0.250. The van der Waals surface area contributed by atoms with Gasteiger partial charge in [-0.15, -0.1) is 0 Å². The summed E-state index contributed by atoms with van der Waals surface area (Å²) in [5.74, 6) is -0.0313. The van der Waals surface area contributed by atoms with Gasteiger partial charge in [0.25, 0.3) is 5.56 Å². The highest BCUT2D eigenvalue weighted by molar-refractivity contribution is 9.10. The minimum Gasteiger partial charge on any atom is -0.383 e. The molecule has 5 nitrogen and oxygen atoms in total. The zero-order valence-corrected chi connectivity index (χ0v) is 18.5. The van der Waals surface area contributed by atoms with Gasteiger partial charge in [0.05, 0.1) is 29.3 Å². The zero-order valence-electron chi connectivity index (χ0n) is 15.3. The van der Waals surface area contributed by atoms with Gasteiger partial charge in [0.2, 0.25) is 0 Å². The third-order valence-electron chi connectivity index (χ3n) is 4.18. The van der Waals surface area contributed by atoms with Gasteiger partial charge in [0.15, 0.2) is 10.9 Å². The Morgan fingerprint density at radius 1 is 1.29 bits per heavy atom. The van der Waals surface area contributed by atoms with Gasteiger partial charge in [-0.3, -0.25) is 14.2 Å². The molecular weight excluding hydrogens is 464 g/mol. The summed E-state index contributed by atoms with van der Waals surface area (Å²) in [6.07, 6.45) is 0. The maximum atomic E-state index is 12.9. The number of Topliss-reactive ketones (excluding diaryl/α,β-unsaturated/α-hetero) is 1. The second-order valence-electron chi connectivity index (χ2n) is 6.14. The van der Waals surface area contributed by atoms with E-state index < -0.39 is 5.25 Å². The lowest BCUT2D eigenvalue weighted by Gasteiger charge is -2.16. The molecule has 0 spiro atoms. The van der Waals surface area contributed by atoms with Crippen LogP contribution in [-0.2, 0) is 11.3 Å². The predicted octanol–water partition coefficient (Wildman–Crippen LogP) is 4.82. The van der Waals surface area contributed by atoms with Gasteiger partial charge in [-0.05, 0) is 37.3 Å². The molecule has 8 heteroatoms. The number of rotatable bonds is 7. The van der Waals surface area contributed by atoms with Crippen LogP contribution in [0.3, 0.4) is 0 Å². The molecule has 0 bridgehead atoms. The van der Waals surface area contributed by atoms with E-state index in [1.807, 2.05) is 19.1 Å². The van der Waals surface area contributed by atoms with E-state index in [4.69, 9.17) is 16.3 Å². The number of carbonyl (C=O) groups is 1.